The average Bonchev–Trinajstić information content (AvgIpc) is 3.41. The molecule has 0 bridgehead atoms. The van der Waals surface area contributed by atoms with Crippen LogP contribution >= 0.6 is 23.4 Å². The fourth-order valence-electron chi connectivity index (χ4n) is 3.97. The molecule has 3 N–H and O–H groups in total. The lowest BCUT2D eigenvalue weighted by Gasteiger charge is -2.13. The molecular weight excluding hydrogens is 394 g/mol. The molecule has 2 aromatic heterocycles. The summed E-state index contributed by atoms with van der Waals surface area (Å²) >= 11 is 8.13. The number of aryl methyl sites for hydroxylation is 1. The minimum atomic E-state index is 0.462. The van der Waals surface area contributed by atoms with E-state index in [0.717, 1.165) is 70.9 Å². The van der Waals surface area contributed by atoms with Gasteiger partial charge in [-0.15, -0.1) is 0 Å². The first-order chi connectivity index (χ1) is 13.7. The number of imidazole rings is 1. The SMILES string of the molecule is Nc1nccc2c1nc(Sc1cc3c(cc1Cl)CCO3)n2CCC1CCNC1. The van der Waals surface area contributed by atoms with Gasteiger partial charge in [0.15, 0.2) is 11.0 Å². The Morgan fingerprint density at radius 3 is 3.18 bits per heavy atom. The van der Waals surface area contributed by atoms with Gasteiger partial charge in [-0.2, -0.15) is 0 Å². The summed E-state index contributed by atoms with van der Waals surface area (Å²) in [7, 11) is 0. The van der Waals surface area contributed by atoms with E-state index >= 15 is 0 Å². The predicted molar refractivity (Wildman–Crippen MR) is 112 cm³/mol. The summed E-state index contributed by atoms with van der Waals surface area (Å²) in [6.07, 6.45) is 5.00. The highest BCUT2D eigenvalue weighted by Crippen LogP contribution is 2.40. The number of nitrogens with zero attached hydrogens (tertiary/aromatic N) is 3. The molecule has 146 valence electrons. The molecule has 28 heavy (non-hydrogen) atoms. The van der Waals surface area contributed by atoms with Crippen molar-refractivity contribution in [1.29, 1.82) is 0 Å². The van der Waals surface area contributed by atoms with E-state index in [1.165, 1.54) is 12.0 Å². The lowest BCUT2D eigenvalue weighted by Crippen LogP contribution is -2.11. The van der Waals surface area contributed by atoms with Gasteiger partial charge in [0.1, 0.15) is 11.3 Å². The number of nitrogens with one attached hydrogen (secondary N) is 1. The van der Waals surface area contributed by atoms with Crippen molar-refractivity contribution >= 4 is 40.2 Å². The number of nitrogen functional groups attached to an aromatic ring is 1. The molecule has 1 atom stereocenters. The second kappa shape index (κ2) is 7.46. The van der Waals surface area contributed by atoms with E-state index in [1.54, 1.807) is 18.0 Å². The van der Waals surface area contributed by atoms with Crippen molar-refractivity contribution in [3.63, 3.8) is 0 Å². The number of pyridine rings is 1. The Hall–Kier alpha value is -1.96. The molecule has 0 aliphatic carbocycles. The smallest absolute Gasteiger partial charge is 0.174 e. The summed E-state index contributed by atoms with van der Waals surface area (Å²) in [5, 5.41) is 5.07. The largest absolute Gasteiger partial charge is 0.493 e. The predicted octanol–water partition coefficient (Wildman–Crippen LogP) is 3.75. The normalized spacial score (nSPS) is 18.5. The third-order valence-corrected chi connectivity index (χ3v) is 7.01. The van der Waals surface area contributed by atoms with Crippen molar-refractivity contribution in [2.24, 2.45) is 5.92 Å². The molecule has 0 radical (unpaired) electrons. The van der Waals surface area contributed by atoms with Crippen LogP contribution < -0.4 is 15.8 Å². The van der Waals surface area contributed by atoms with Gasteiger partial charge in [0.25, 0.3) is 0 Å². The van der Waals surface area contributed by atoms with Gasteiger partial charge >= 0.3 is 0 Å². The molecule has 2 aliphatic heterocycles. The van der Waals surface area contributed by atoms with Gasteiger partial charge < -0.3 is 20.4 Å². The van der Waals surface area contributed by atoms with E-state index in [0.29, 0.717) is 11.7 Å². The molecule has 1 aromatic carbocycles. The van der Waals surface area contributed by atoms with Crippen molar-refractivity contribution in [2.45, 2.75) is 35.9 Å². The zero-order valence-corrected chi connectivity index (χ0v) is 17.0. The number of halogens is 1. The summed E-state index contributed by atoms with van der Waals surface area (Å²) in [5.74, 6) is 2.09. The number of anilines is 1. The van der Waals surface area contributed by atoms with E-state index in [9.17, 15) is 0 Å². The van der Waals surface area contributed by atoms with Crippen molar-refractivity contribution in [3.05, 3.63) is 35.0 Å². The first kappa shape index (κ1) is 18.1. The highest BCUT2D eigenvalue weighted by atomic mass is 35.5. The number of ether oxygens (including phenoxy) is 1. The maximum absolute atomic E-state index is 6.56. The first-order valence-corrected chi connectivity index (χ1v) is 10.8. The summed E-state index contributed by atoms with van der Waals surface area (Å²) in [5.41, 5.74) is 9.05. The van der Waals surface area contributed by atoms with E-state index < -0.39 is 0 Å². The van der Waals surface area contributed by atoms with Crippen LogP contribution in [0.4, 0.5) is 5.82 Å². The highest BCUT2D eigenvalue weighted by molar-refractivity contribution is 7.99. The molecule has 1 unspecified atom stereocenters. The third-order valence-electron chi connectivity index (χ3n) is 5.53. The fourth-order valence-corrected chi connectivity index (χ4v) is 5.23. The zero-order chi connectivity index (χ0) is 19.1. The van der Waals surface area contributed by atoms with E-state index in [4.69, 9.17) is 27.1 Å². The number of hydrogen-bond donors (Lipinski definition) is 2. The third kappa shape index (κ3) is 3.32. The first-order valence-electron chi connectivity index (χ1n) is 9.63. The van der Waals surface area contributed by atoms with E-state index in [1.807, 2.05) is 18.2 Å². The fraction of sp³-hybridized carbons (Fsp3) is 0.400. The second-order valence-corrected chi connectivity index (χ2v) is 8.76. The van der Waals surface area contributed by atoms with E-state index in [2.05, 4.69) is 14.9 Å². The standard InChI is InChI=1S/C20H22ClN5OS/c21-14-9-13-4-8-27-16(13)10-17(14)28-20-25-18-15(2-6-24-19(18)22)26(20)7-3-12-1-5-23-11-12/h2,6,9-10,12,23H,1,3-5,7-8,11H2,(H2,22,24). The van der Waals surface area contributed by atoms with Crippen LogP contribution in [0.2, 0.25) is 5.02 Å². The van der Waals surface area contributed by atoms with Gasteiger partial charge in [-0.25, -0.2) is 9.97 Å². The molecule has 1 fully saturated rings. The molecule has 2 aliphatic rings. The highest BCUT2D eigenvalue weighted by Gasteiger charge is 2.21. The van der Waals surface area contributed by atoms with E-state index in [-0.39, 0.29) is 0 Å². The molecule has 6 nitrogen and oxygen atoms in total. The molecule has 0 saturated carbocycles. The van der Waals surface area contributed by atoms with Gasteiger partial charge in [0.05, 0.1) is 17.1 Å². The Balaban J connectivity index is 1.51. The van der Waals surface area contributed by atoms with Crippen LogP contribution in [0.5, 0.6) is 5.75 Å². The van der Waals surface area contributed by atoms with Crippen LogP contribution in [0.3, 0.4) is 0 Å². The summed E-state index contributed by atoms with van der Waals surface area (Å²) in [4.78, 5) is 9.97. The van der Waals surface area contributed by atoms with Gasteiger partial charge in [0.2, 0.25) is 0 Å². The van der Waals surface area contributed by atoms with Gasteiger partial charge in [-0.05, 0) is 67.4 Å². The second-order valence-electron chi connectivity index (χ2n) is 7.35. The minimum absolute atomic E-state index is 0.462. The molecule has 4 heterocycles. The average molecular weight is 416 g/mol. The number of benzene rings is 1. The molecule has 0 amide bonds. The molecule has 3 aromatic rings. The number of rotatable bonds is 5. The number of hydrogen-bond acceptors (Lipinski definition) is 6. The zero-order valence-electron chi connectivity index (χ0n) is 15.4. The van der Waals surface area contributed by atoms with Crippen molar-refractivity contribution in [2.75, 3.05) is 25.4 Å². The van der Waals surface area contributed by atoms with Crippen molar-refractivity contribution < 1.29 is 4.74 Å². The van der Waals surface area contributed by atoms with Crippen molar-refractivity contribution in [1.82, 2.24) is 19.9 Å². The van der Waals surface area contributed by atoms with Crippen LogP contribution in [0.25, 0.3) is 11.0 Å². The topological polar surface area (TPSA) is 78.0 Å². The van der Waals surface area contributed by atoms with Crippen LogP contribution in [0.1, 0.15) is 18.4 Å². The molecular formula is C20H22ClN5OS. The summed E-state index contributed by atoms with van der Waals surface area (Å²) < 4.78 is 7.97. The summed E-state index contributed by atoms with van der Waals surface area (Å²) in [6, 6.07) is 6.03. The Labute approximate surface area is 172 Å². The van der Waals surface area contributed by atoms with Crippen LogP contribution in [0, 0.1) is 5.92 Å². The van der Waals surface area contributed by atoms with Crippen LogP contribution in [-0.2, 0) is 13.0 Å². The number of nitrogens with two attached hydrogens (primary N) is 1. The van der Waals surface area contributed by atoms with Gasteiger partial charge in [0, 0.05) is 24.1 Å². The lowest BCUT2D eigenvalue weighted by molar-refractivity contribution is 0.356. The van der Waals surface area contributed by atoms with Gasteiger partial charge in [-0.3, -0.25) is 0 Å². The Morgan fingerprint density at radius 2 is 2.32 bits per heavy atom. The molecule has 5 rings (SSSR count). The minimum Gasteiger partial charge on any atom is -0.493 e. The number of aromatic nitrogens is 3. The molecule has 8 heteroatoms. The quantitative estimate of drug-likeness (QED) is 0.660. The molecule has 0 spiro atoms. The maximum atomic E-state index is 6.56. The van der Waals surface area contributed by atoms with Gasteiger partial charge in [-0.1, -0.05) is 11.6 Å². The lowest BCUT2D eigenvalue weighted by atomic mass is 10.1. The van der Waals surface area contributed by atoms with Crippen molar-refractivity contribution in [3.8, 4) is 5.75 Å². The monoisotopic (exact) mass is 415 g/mol. The number of fused-ring (bicyclic) bond motifs is 2. The molecule has 1 saturated heterocycles. The Morgan fingerprint density at radius 1 is 1.39 bits per heavy atom. The summed E-state index contributed by atoms with van der Waals surface area (Å²) in [6.45, 7) is 3.81. The maximum Gasteiger partial charge on any atom is 0.174 e. The van der Waals surface area contributed by atoms with Crippen LogP contribution in [-0.4, -0.2) is 34.2 Å². The Kier molecular flexibility index (Phi) is 4.82. The van der Waals surface area contributed by atoms with Crippen LogP contribution in [0.15, 0.2) is 34.4 Å². The Bertz CT molecular complexity index is 1030.